The lowest BCUT2D eigenvalue weighted by atomic mass is 10.1. The van der Waals surface area contributed by atoms with Gasteiger partial charge < -0.3 is 14.9 Å². The van der Waals surface area contributed by atoms with E-state index in [-0.39, 0.29) is 5.91 Å². The van der Waals surface area contributed by atoms with Gasteiger partial charge in [-0.15, -0.1) is 0 Å². The minimum absolute atomic E-state index is 0.104. The number of β-amino-alcohol motifs (C(OH)–C–C–N with tert-alkyl or cyclic N) is 1. The lowest BCUT2D eigenvalue weighted by Crippen LogP contribution is -2.37. The van der Waals surface area contributed by atoms with E-state index in [1.165, 1.54) is 0 Å². The fourth-order valence-corrected chi connectivity index (χ4v) is 3.24. The molecule has 1 amide bonds. The maximum atomic E-state index is 12.9. The predicted molar refractivity (Wildman–Crippen MR) is 97.9 cm³/mol. The highest BCUT2D eigenvalue weighted by Crippen LogP contribution is 2.18. The van der Waals surface area contributed by atoms with Crippen molar-refractivity contribution in [3.8, 4) is 0 Å². The summed E-state index contributed by atoms with van der Waals surface area (Å²) >= 11 is 0. The van der Waals surface area contributed by atoms with E-state index in [2.05, 4.69) is 19.9 Å². The molecule has 0 radical (unpaired) electrons. The Morgan fingerprint density at radius 3 is 2.54 bits per heavy atom. The van der Waals surface area contributed by atoms with Crippen LogP contribution in [0.5, 0.6) is 0 Å². The normalized spacial score (nSPS) is 18.0. The van der Waals surface area contributed by atoms with Crippen LogP contribution in [0.15, 0.2) is 55.1 Å². The number of anilines is 1. The smallest absolute Gasteiger partial charge is 0.254 e. The number of rotatable bonds is 2. The number of amides is 1. The van der Waals surface area contributed by atoms with E-state index in [1.54, 1.807) is 47.9 Å². The van der Waals surface area contributed by atoms with E-state index in [9.17, 15) is 9.90 Å². The van der Waals surface area contributed by atoms with Crippen LogP contribution in [0.25, 0.3) is 11.0 Å². The first kappa shape index (κ1) is 16.4. The molecule has 7 heteroatoms. The number of carbonyl (C=O) groups excluding carboxylic acids is 1. The van der Waals surface area contributed by atoms with Gasteiger partial charge in [-0.3, -0.25) is 19.7 Å². The molecule has 3 heterocycles. The van der Waals surface area contributed by atoms with Gasteiger partial charge in [0.15, 0.2) is 0 Å². The molecule has 1 saturated heterocycles. The summed E-state index contributed by atoms with van der Waals surface area (Å²) in [4.78, 5) is 29.2. The molecule has 1 N–H and O–H groups in total. The standard InChI is InChI=1S/C19H19N5O2/c25-16-12-23(15-3-5-20-6-4-15)9-10-24(13-16)19(26)14-1-2-17-18(11-14)22-8-7-21-17/h1-8,11,16,25H,9-10,12-13H2/t16-/m1/s1. The van der Waals surface area contributed by atoms with E-state index in [1.807, 2.05) is 12.1 Å². The van der Waals surface area contributed by atoms with Crippen LogP contribution in [0.4, 0.5) is 5.69 Å². The van der Waals surface area contributed by atoms with Gasteiger partial charge in [0.1, 0.15) is 0 Å². The molecule has 1 aliphatic heterocycles. The fourth-order valence-electron chi connectivity index (χ4n) is 3.24. The van der Waals surface area contributed by atoms with Gasteiger partial charge in [0, 0.05) is 62.2 Å². The number of aliphatic hydroxyl groups is 1. The van der Waals surface area contributed by atoms with E-state index in [0.717, 1.165) is 11.2 Å². The molecular weight excluding hydrogens is 330 g/mol. The molecule has 0 unspecified atom stereocenters. The summed E-state index contributed by atoms with van der Waals surface area (Å²) in [6.45, 7) is 1.98. The molecule has 132 valence electrons. The summed E-state index contributed by atoms with van der Waals surface area (Å²) in [5.41, 5.74) is 2.99. The van der Waals surface area contributed by atoms with Crippen molar-refractivity contribution >= 4 is 22.6 Å². The highest BCUT2D eigenvalue weighted by Gasteiger charge is 2.25. The number of nitrogens with zero attached hydrogens (tertiary/aromatic N) is 5. The van der Waals surface area contributed by atoms with Crippen LogP contribution in [0.3, 0.4) is 0 Å². The number of pyridine rings is 1. The van der Waals surface area contributed by atoms with Crippen LogP contribution in [0, 0.1) is 0 Å². The molecule has 0 spiro atoms. The Balaban J connectivity index is 1.54. The van der Waals surface area contributed by atoms with Crippen LogP contribution in [-0.4, -0.2) is 63.1 Å². The first-order chi connectivity index (χ1) is 12.7. The van der Waals surface area contributed by atoms with Crippen molar-refractivity contribution in [3.63, 3.8) is 0 Å². The summed E-state index contributed by atoms with van der Waals surface area (Å²) in [5, 5.41) is 10.4. The van der Waals surface area contributed by atoms with Crippen molar-refractivity contribution in [1.29, 1.82) is 0 Å². The first-order valence-corrected chi connectivity index (χ1v) is 8.54. The zero-order chi connectivity index (χ0) is 17.9. The third-order valence-corrected chi connectivity index (χ3v) is 4.53. The third-order valence-electron chi connectivity index (χ3n) is 4.53. The molecule has 1 aromatic carbocycles. The van der Waals surface area contributed by atoms with Crippen LogP contribution >= 0.6 is 0 Å². The molecule has 26 heavy (non-hydrogen) atoms. The minimum atomic E-state index is -0.616. The number of hydrogen-bond acceptors (Lipinski definition) is 6. The lowest BCUT2D eigenvalue weighted by molar-refractivity contribution is 0.0674. The van der Waals surface area contributed by atoms with E-state index >= 15 is 0 Å². The van der Waals surface area contributed by atoms with Gasteiger partial charge in [0.25, 0.3) is 5.91 Å². The molecule has 3 aromatic rings. The Morgan fingerprint density at radius 1 is 0.962 bits per heavy atom. The Hall–Kier alpha value is -3.06. The Kier molecular flexibility index (Phi) is 4.45. The molecule has 0 aliphatic carbocycles. The zero-order valence-electron chi connectivity index (χ0n) is 14.2. The molecule has 2 aromatic heterocycles. The first-order valence-electron chi connectivity index (χ1n) is 8.54. The minimum Gasteiger partial charge on any atom is -0.389 e. The number of hydrogen-bond donors (Lipinski definition) is 1. The van der Waals surface area contributed by atoms with Gasteiger partial charge in [0.05, 0.1) is 17.1 Å². The van der Waals surface area contributed by atoms with Crippen molar-refractivity contribution < 1.29 is 9.90 Å². The monoisotopic (exact) mass is 349 g/mol. The summed E-state index contributed by atoms with van der Waals surface area (Å²) in [7, 11) is 0. The second-order valence-corrected chi connectivity index (χ2v) is 6.32. The number of aliphatic hydroxyl groups excluding tert-OH is 1. The molecule has 0 saturated carbocycles. The van der Waals surface area contributed by atoms with E-state index in [4.69, 9.17) is 0 Å². The van der Waals surface area contributed by atoms with Crippen molar-refractivity contribution in [3.05, 3.63) is 60.7 Å². The SMILES string of the molecule is O=C(c1ccc2nccnc2c1)N1CCN(c2ccncc2)C[C@@H](O)C1. The van der Waals surface area contributed by atoms with Crippen LogP contribution in [0.1, 0.15) is 10.4 Å². The highest BCUT2D eigenvalue weighted by molar-refractivity contribution is 5.97. The molecule has 1 aliphatic rings. The molecule has 0 bridgehead atoms. The lowest BCUT2D eigenvalue weighted by Gasteiger charge is -2.23. The second-order valence-electron chi connectivity index (χ2n) is 6.32. The Bertz CT molecular complexity index is 918. The van der Waals surface area contributed by atoms with E-state index in [0.29, 0.717) is 37.3 Å². The predicted octanol–water partition coefficient (Wildman–Crippen LogP) is 1.35. The Morgan fingerprint density at radius 2 is 1.73 bits per heavy atom. The van der Waals surface area contributed by atoms with Crippen molar-refractivity contribution in [2.24, 2.45) is 0 Å². The number of carbonyl (C=O) groups is 1. The van der Waals surface area contributed by atoms with E-state index < -0.39 is 6.10 Å². The van der Waals surface area contributed by atoms with Crippen LogP contribution in [-0.2, 0) is 0 Å². The van der Waals surface area contributed by atoms with Gasteiger partial charge in [-0.2, -0.15) is 0 Å². The summed E-state index contributed by atoms with van der Waals surface area (Å²) in [6, 6.07) is 9.13. The maximum absolute atomic E-state index is 12.9. The third kappa shape index (κ3) is 3.34. The van der Waals surface area contributed by atoms with Crippen LogP contribution in [0.2, 0.25) is 0 Å². The molecule has 7 nitrogen and oxygen atoms in total. The van der Waals surface area contributed by atoms with Crippen molar-refractivity contribution in [2.45, 2.75) is 6.10 Å². The van der Waals surface area contributed by atoms with Gasteiger partial charge in [-0.1, -0.05) is 0 Å². The van der Waals surface area contributed by atoms with Crippen LogP contribution < -0.4 is 4.90 Å². The quantitative estimate of drug-likeness (QED) is 0.752. The zero-order valence-corrected chi connectivity index (χ0v) is 14.2. The molecular formula is C19H19N5O2. The topological polar surface area (TPSA) is 82.5 Å². The summed E-state index contributed by atoms with van der Waals surface area (Å²) < 4.78 is 0. The fraction of sp³-hybridized carbons (Fsp3) is 0.263. The van der Waals surface area contributed by atoms with Gasteiger partial charge in [0.2, 0.25) is 0 Å². The number of aromatic nitrogens is 3. The molecule has 1 fully saturated rings. The van der Waals surface area contributed by atoms with Gasteiger partial charge in [-0.25, -0.2) is 0 Å². The number of fused-ring (bicyclic) bond motifs is 1. The second kappa shape index (κ2) is 7.05. The maximum Gasteiger partial charge on any atom is 0.254 e. The number of benzene rings is 1. The highest BCUT2D eigenvalue weighted by atomic mass is 16.3. The van der Waals surface area contributed by atoms with Crippen molar-refractivity contribution in [1.82, 2.24) is 19.9 Å². The van der Waals surface area contributed by atoms with Crippen molar-refractivity contribution in [2.75, 3.05) is 31.1 Å². The molecule has 4 rings (SSSR count). The average molecular weight is 349 g/mol. The summed E-state index contributed by atoms with van der Waals surface area (Å²) in [5.74, 6) is -0.104. The largest absolute Gasteiger partial charge is 0.389 e. The molecule has 1 atom stereocenters. The van der Waals surface area contributed by atoms with Gasteiger partial charge in [-0.05, 0) is 30.3 Å². The average Bonchev–Trinajstić information content (AvgIpc) is 2.89. The Labute approximate surface area is 150 Å². The van der Waals surface area contributed by atoms with Gasteiger partial charge >= 0.3 is 0 Å². The summed E-state index contributed by atoms with van der Waals surface area (Å²) in [6.07, 6.45) is 6.08.